The van der Waals surface area contributed by atoms with Crippen molar-refractivity contribution in [3.05, 3.63) is 54.4 Å². The Morgan fingerprint density at radius 2 is 2.00 bits per heavy atom. The Labute approximate surface area is 167 Å². The first-order valence-corrected chi connectivity index (χ1v) is 9.88. The fourth-order valence-corrected chi connectivity index (χ4v) is 4.58. The summed E-state index contributed by atoms with van der Waals surface area (Å²) < 4.78 is 3.95. The van der Waals surface area contributed by atoms with Crippen LogP contribution in [0.15, 0.2) is 43.1 Å². The lowest BCUT2D eigenvalue weighted by Gasteiger charge is -2.19. The molecule has 0 aromatic carbocycles. The second-order valence-corrected chi connectivity index (χ2v) is 7.99. The van der Waals surface area contributed by atoms with Crippen molar-refractivity contribution in [2.45, 2.75) is 44.4 Å². The Bertz CT molecular complexity index is 1180. The smallest absolute Gasteiger partial charge is 0.145 e. The fraction of sp³-hybridized carbons (Fsp3) is 0.381. The summed E-state index contributed by atoms with van der Waals surface area (Å²) in [6.45, 7) is 1.98. The molecule has 29 heavy (non-hydrogen) atoms. The van der Waals surface area contributed by atoms with Gasteiger partial charge in [-0.1, -0.05) is 6.07 Å². The van der Waals surface area contributed by atoms with E-state index in [-0.39, 0.29) is 12.0 Å². The lowest BCUT2D eigenvalue weighted by molar-refractivity contribution is 0.00545. The molecule has 8 nitrogen and oxygen atoms in total. The van der Waals surface area contributed by atoms with Gasteiger partial charge in [0.1, 0.15) is 29.5 Å². The molecule has 0 radical (unpaired) electrons. The topological polar surface area (TPSA) is 114 Å². The van der Waals surface area contributed by atoms with Crippen molar-refractivity contribution in [2.24, 2.45) is 5.92 Å². The molecule has 8 heteroatoms. The summed E-state index contributed by atoms with van der Waals surface area (Å²) in [7, 11) is 0. The van der Waals surface area contributed by atoms with Gasteiger partial charge in [0.05, 0.1) is 23.2 Å². The van der Waals surface area contributed by atoms with Gasteiger partial charge in [-0.15, -0.1) is 0 Å². The Morgan fingerprint density at radius 1 is 1.14 bits per heavy atom. The minimum atomic E-state index is -0.842. The van der Waals surface area contributed by atoms with E-state index in [1.54, 1.807) is 0 Å². The molecular formula is C21H24N6O2. The molecule has 0 bridgehead atoms. The Balaban J connectivity index is 1.34. The van der Waals surface area contributed by atoms with E-state index in [0.717, 1.165) is 29.6 Å². The zero-order valence-corrected chi connectivity index (χ0v) is 16.2. The largest absolute Gasteiger partial charge is 0.390 e. The van der Waals surface area contributed by atoms with Crippen molar-refractivity contribution in [1.29, 1.82) is 0 Å². The SMILES string of the molecule is Cc1cn2cc(CC[C@H]3C[C@@H](n4ccc5c(N)ncnc54)[C@H](O)[C@@H]3O)ccc2n1. The molecule has 1 fully saturated rings. The van der Waals surface area contributed by atoms with Gasteiger partial charge >= 0.3 is 0 Å². The maximum absolute atomic E-state index is 10.7. The van der Waals surface area contributed by atoms with E-state index >= 15 is 0 Å². The molecule has 0 spiro atoms. The van der Waals surface area contributed by atoms with Gasteiger partial charge in [0.15, 0.2) is 0 Å². The number of fused-ring (bicyclic) bond motifs is 2. The van der Waals surface area contributed by atoms with Crippen LogP contribution in [0.3, 0.4) is 0 Å². The first kappa shape index (κ1) is 18.1. The van der Waals surface area contributed by atoms with Crippen molar-refractivity contribution in [3.63, 3.8) is 0 Å². The highest BCUT2D eigenvalue weighted by Crippen LogP contribution is 2.39. The number of imidazole rings is 1. The van der Waals surface area contributed by atoms with Crippen LogP contribution in [-0.4, -0.2) is 46.3 Å². The van der Waals surface area contributed by atoms with Crippen molar-refractivity contribution < 1.29 is 10.2 Å². The van der Waals surface area contributed by atoms with E-state index in [9.17, 15) is 10.2 Å². The minimum absolute atomic E-state index is 0.00635. The van der Waals surface area contributed by atoms with E-state index < -0.39 is 12.2 Å². The Morgan fingerprint density at radius 3 is 2.86 bits per heavy atom. The van der Waals surface area contributed by atoms with Gasteiger partial charge in [-0.25, -0.2) is 15.0 Å². The predicted molar refractivity (Wildman–Crippen MR) is 109 cm³/mol. The predicted octanol–water partition coefficient (Wildman–Crippen LogP) is 1.89. The number of rotatable bonds is 4. The molecule has 4 aromatic rings. The summed E-state index contributed by atoms with van der Waals surface area (Å²) in [6, 6.07) is 5.72. The normalized spacial score (nSPS) is 24.7. The van der Waals surface area contributed by atoms with Gasteiger partial charge in [0.2, 0.25) is 0 Å². The minimum Gasteiger partial charge on any atom is -0.390 e. The third-order valence-corrected chi connectivity index (χ3v) is 6.11. The van der Waals surface area contributed by atoms with Gasteiger partial charge in [0, 0.05) is 18.6 Å². The zero-order chi connectivity index (χ0) is 20.1. The monoisotopic (exact) mass is 392 g/mol. The number of hydrogen-bond donors (Lipinski definition) is 3. The molecule has 4 aromatic heterocycles. The number of aryl methyl sites for hydroxylation is 2. The van der Waals surface area contributed by atoms with Crippen molar-refractivity contribution in [3.8, 4) is 0 Å². The average molecular weight is 392 g/mol. The summed E-state index contributed by atoms with van der Waals surface area (Å²) in [5.74, 6) is 0.426. The van der Waals surface area contributed by atoms with E-state index in [1.165, 1.54) is 11.9 Å². The molecule has 1 saturated carbocycles. The lowest BCUT2D eigenvalue weighted by Crippen LogP contribution is -2.29. The number of nitrogen functional groups attached to an aromatic ring is 1. The number of aliphatic hydroxyl groups excluding tert-OH is 2. The molecule has 4 heterocycles. The molecule has 0 unspecified atom stereocenters. The number of nitrogens with two attached hydrogens (primary N) is 1. The van der Waals surface area contributed by atoms with Crippen molar-refractivity contribution >= 4 is 22.5 Å². The lowest BCUT2D eigenvalue weighted by atomic mass is 9.97. The molecule has 0 saturated heterocycles. The highest BCUT2D eigenvalue weighted by Gasteiger charge is 2.42. The molecule has 1 aliphatic carbocycles. The van der Waals surface area contributed by atoms with Crippen LogP contribution < -0.4 is 5.73 Å². The highest BCUT2D eigenvalue weighted by molar-refractivity contribution is 5.86. The molecule has 4 N–H and O–H groups in total. The number of pyridine rings is 1. The van der Waals surface area contributed by atoms with E-state index in [2.05, 4.69) is 27.2 Å². The maximum atomic E-state index is 10.7. The quantitative estimate of drug-likeness (QED) is 0.489. The molecule has 4 atom stereocenters. The second-order valence-electron chi connectivity index (χ2n) is 7.99. The number of aliphatic hydroxyl groups is 2. The highest BCUT2D eigenvalue weighted by atomic mass is 16.3. The standard InChI is InChI=1S/C21H24N6O2/c1-12-9-26-10-13(3-5-17(26)25-12)2-4-14-8-16(19(29)18(14)28)27-7-6-15-20(22)23-11-24-21(15)27/h3,5-7,9-11,14,16,18-19,28-29H,2,4,8H2,1H3,(H2,22,23,24)/t14-,16+,18+,19-/m0/s1. The summed E-state index contributed by atoms with van der Waals surface area (Å²) in [4.78, 5) is 12.8. The first-order chi connectivity index (χ1) is 14.0. The van der Waals surface area contributed by atoms with Crippen LogP contribution in [0.2, 0.25) is 0 Å². The van der Waals surface area contributed by atoms with Gasteiger partial charge in [-0.3, -0.25) is 0 Å². The molecular weight excluding hydrogens is 368 g/mol. The van der Waals surface area contributed by atoms with Gasteiger partial charge in [0.25, 0.3) is 0 Å². The number of aromatic nitrogens is 5. The van der Waals surface area contributed by atoms with Crippen molar-refractivity contribution in [1.82, 2.24) is 23.9 Å². The van der Waals surface area contributed by atoms with Crippen LogP contribution >= 0.6 is 0 Å². The summed E-state index contributed by atoms with van der Waals surface area (Å²) >= 11 is 0. The summed E-state index contributed by atoms with van der Waals surface area (Å²) in [5, 5.41) is 22.1. The molecule has 1 aliphatic rings. The molecule has 0 amide bonds. The molecule has 0 aliphatic heterocycles. The van der Waals surface area contributed by atoms with Crippen molar-refractivity contribution in [2.75, 3.05) is 5.73 Å². The van der Waals surface area contributed by atoms with Crippen LogP contribution in [0.1, 0.15) is 30.1 Å². The third-order valence-electron chi connectivity index (χ3n) is 6.11. The first-order valence-electron chi connectivity index (χ1n) is 9.88. The zero-order valence-electron chi connectivity index (χ0n) is 16.2. The maximum Gasteiger partial charge on any atom is 0.145 e. The van der Waals surface area contributed by atoms with Crippen LogP contribution in [0, 0.1) is 12.8 Å². The van der Waals surface area contributed by atoms with Gasteiger partial charge in [-0.2, -0.15) is 0 Å². The van der Waals surface area contributed by atoms with E-state index in [4.69, 9.17) is 5.73 Å². The van der Waals surface area contributed by atoms with Crippen LogP contribution in [-0.2, 0) is 6.42 Å². The van der Waals surface area contributed by atoms with E-state index in [1.807, 2.05) is 40.4 Å². The van der Waals surface area contributed by atoms with Gasteiger partial charge < -0.3 is 24.9 Å². The van der Waals surface area contributed by atoms with Crippen LogP contribution in [0.4, 0.5) is 5.82 Å². The number of nitrogens with zero attached hydrogens (tertiary/aromatic N) is 5. The third kappa shape index (κ3) is 3.04. The number of anilines is 1. The van der Waals surface area contributed by atoms with E-state index in [0.29, 0.717) is 17.9 Å². The Kier molecular flexibility index (Phi) is 4.25. The van der Waals surface area contributed by atoms with Crippen LogP contribution in [0.25, 0.3) is 16.7 Å². The second kappa shape index (κ2) is 6.82. The summed E-state index contributed by atoms with van der Waals surface area (Å²) in [5.41, 5.74) is 9.73. The Hall–Kier alpha value is -2.97. The van der Waals surface area contributed by atoms with Gasteiger partial charge in [-0.05, 0) is 49.8 Å². The van der Waals surface area contributed by atoms with Crippen LogP contribution in [0.5, 0.6) is 0 Å². The average Bonchev–Trinajstić information content (AvgIpc) is 3.37. The molecule has 5 rings (SSSR count). The molecule has 150 valence electrons. The number of hydrogen-bond acceptors (Lipinski definition) is 6. The fourth-order valence-electron chi connectivity index (χ4n) is 4.58. The summed E-state index contributed by atoms with van der Waals surface area (Å²) in [6.07, 6.45) is 8.09.